The molecule has 3 nitrogen and oxygen atoms in total. The number of nitrogens with one attached hydrogen (secondary N) is 1. The first-order valence-electron chi connectivity index (χ1n) is 7.42. The Kier molecular flexibility index (Phi) is 3.73. The van der Waals surface area contributed by atoms with Gasteiger partial charge < -0.3 is 10.1 Å². The fraction of sp³-hybridized carbons (Fsp3) is 0.867. The fourth-order valence-corrected chi connectivity index (χ4v) is 3.77. The lowest BCUT2D eigenvalue weighted by atomic mass is 9.91. The van der Waals surface area contributed by atoms with Crippen LogP contribution < -0.4 is 5.32 Å². The molecule has 3 rings (SSSR count). The van der Waals surface area contributed by atoms with Crippen LogP contribution in [0.15, 0.2) is 11.6 Å². The molecule has 2 heterocycles. The van der Waals surface area contributed by atoms with Gasteiger partial charge in [0.2, 0.25) is 0 Å². The first-order chi connectivity index (χ1) is 8.82. The monoisotopic (exact) mass is 250 g/mol. The van der Waals surface area contributed by atoms with E-state index in [4.69, 9.17) is 4.74 Å². The summed E-state index contributed by atoms with van der Waals surface area (Å²) >= 11 is 0. The standard InChI is InChI=1S/C15H26N2O/c1-18-12-13-2-8-17(9-3-13)11-14-10-15(14)4-6-16-7-5-15/h2,14,16H,3-12H2,1H3. The van der Waals surface area contributed by atoms with Crippen LogP contribution in [0.25, 0.3) is 0 Å². The summed E-state index contributed by atoms with van der Waals surface area (Å²) in [4.78, 5) is 2.64. The summed E-state index contributed by atoms with van der Waals surface area (Å²) in [5.74, 6) is 0.983. The zero-order valence-electron chi connectivity index (χ0n) is 11.6. The molecule has 1 unspecified atom stereocenters. The Morgan fingerprint density at radius 2 is 2.28 bits per heavy atom. The van der Waals surface area contributed by atoms with Crippen LogP contribution >= 0.6 is 0 Å². The molecule has 3 aliphatic rings. The van der Waals surface area contributed by atoms with Gasteiger partial charge in [-0.15, -0.1) is 0 Å². The van der Waals surface area contributed by atoms with E-state index in [0.29, 0.717) is 0 Å². The highest BCUT2D eigenvalue weighted by atomic mass is 16.5. The van der Waals surface area contributed by atoms with Crippen molar-refractivity contribution in [2.75, 3.05) is 46.4 Å². The molecule has 0 amide bonds. The van der Waals surface area contributed by atoms with Gasteiger partial charge in [0.05, 0.1) is 6.61 Å². The van der Waals surface area contributed by atoms with Gasteiger partial charge in [0.15, 0.2) is 0 Å². The van der Waals surface area contributed by atoms with Gasteiger partial charge in [-0.25, -0.2) is 0 Å². The average Bonchev–Trinajstić information content (AvgIpc) is 3.05. The molecular weight excluding hydrogens is 224 g/mol. The van der Waals surface area contributed by atoms with E-state index in [9.17, 15) is 0 Å². The minimum Gasteiger partial charge on any atom is -0.380 e. The third-order valence-corrected chi connectivity index (χ3v) is 5.15. The number of nitrogens with zero attached hydrogens (tertiary/aromatic N) is 1. The average molecular weight is 250 g/mol. The maximum Gasteiger partial charge on any atom is 0.0673 e. The smallest absolute Gasteiger partial charge is 0.0673 e. The maximum atomic E-state index is 5.21. The number of ether oxygens (including phenoxy) is 1. The van der Waals surface area contributed by atoms with Crippen LogP contribution in [0, 0.1) is 11.3 Å². The zero-order chi connectivity index (χ0) is 12.4. The second kappa shape index (κ2) is 5.32. The number of piperidine rings is 1. The van der Waals surface area contributed by atoms with Crippen LogP contribution in [-0.4, -0.2) is 51.3 Å². The van der Waals surface area contributed by atoms with Crippen molar-refractivity contribution in [3.8, 4) is 0 Å². The molecule has 1 N–H and O–H groups in total. The van der Waals surface area contributed by atoms with Gasteiger partial charge in [-0.3, -0.25) is 4.90 Å². The normalized spacial score (nSPS) is 31.4. The second-order valence-corrected chi connectivity index (χ2v) is 6.32. The Bertz CT molecular complexity index is 320. The summed E-state index contributed by atoms with van der Waals surface area (Å²) in [5, 5.41) is 3.49. The van der Waals surface area contributed by atoms with Crippen LogP contribution in [0.3, 0.4) is 0 Å². The molecule has 1 saturated carbocycles. The van der Waals surface area contributed by atoms with Crippen LogP contribution in [0.2, 0.25) is 0 Å². The molecular formula is C15H26N2O. The first kappa shape index (κ1) is 12.6. The van der Waals surface area contributed by atoms with Crippen LogP contribution in [0.4, 0.5) is 0 Å². The molecule has 1 spiro atoms. The van der Waals surface area contributed by atoms with Gasteiger partial charge in [0.1, 0.15) is 0 Å². The summed E-state index contributed by atoms with van der Waals surface area (Å²) < 4.78 is 5.21. The van der Waals surface area contributed by atoms with E-state index in [1.54, 1.807) is 7.11 Å². The molecule has 102 valence electrons. The lowest BCUT2D eigenvalue weighted by Crippen LogP contribution is -2.34. The summed E-state index contributed by atoms with van der Waals surface area (Å²) in [6.07, 6.45) is 7.89. The molecule has 18 heavy (non-hydrogen) atoms. The molecule has 1 aliphatic carbocycles. The minimum atomic E-state index is 0.738. The summed E-state index contributed by atoms with van der Waals surface area (Å²) in [5.41, 5.74) is 2.23. The quantitative estimate of drug-likeness (QED) is 0.768. The van der Waals surface area contributed by atoms with Gasteiger partial charge in [0, 0.05) is 26.7 Å². The molecule has 0 aromatic rings. The molecule has 0 aromatic carbocycles. The Balaban J connectivity index is 1.45. The lowest BCUT2D eigenvalue weighted by molar-refractivity contribution is 0.205. The third kappa shape index (κ3) is 2.63. The molecule has 3 heteroatoms. The van der Waals surface area contributed by atoms with E-state index in [0.717, 1.165) is 24.5 Å². The van der Waals surface area contributed by atoms with Gasteiger partial charge >= 0.3 is 0 Å². The van der Waals surface area contributed by atoms with Crippen molar-refractivity contribution in [1.29, 1.82) is 0 Å². The SMILES string of the molecule is COCC1=CCN(CC2CC23CCNCC3)CC1. The maximum absolute atomic E-state index is 5.21. The summed E-state index contributed by atoms with van der Waals surface area (Å²) in [6, 6.07) is 0. The molecule has 0 bridgehead atoms. The van der Waals surface area contributed by atoms with Gasteiger partial charge in [-0.1, -0.05) is 6.08 Å². The topological polar surface area (TPSA) is 24.5 Å². The third-order valence-electron chi connectivity index (χ3n) is 5.15. The Morgan fingerprint density at radius 1 is 1.44 bits per heavy atom. The molecule has 0 radical (unpaired) electrons. The molecule has 1 atom stereocenters. The fourth-order valence-electron chi connectivity index (χ4n) is 3.77. The number of hydrogen-bond donors (Lipinski definition) is 1. The first-order valence-corrected chi connectivity index (χ1v) is 7.42. The van der Waals surface area contributed by atoms with E-state index in [1.165, 1.54) is 57.4 Å². The Labute approximate surface area is 111 Å². The van der Waals surface area contributed by atoms with Crippen molar-refractivity contribution in [3.05, 3.63) is 11.6 Å². The molecule has 0 aromatic heterocycles. The van der Waals surface area contributed by atoms with Crippen molar-refractivity contribution in [2.24, 2.45) is 11.3 Å². The largest absolute Gasteiger partial charge is 0.380 e. The van der Waals surface area contributed by atoms with E-state index in [2.05, 4.69) is 16.3 Å². The highest BCUT2D eigenvalue weighted by Gasteiger charge is 2.53. The van der Waals surface area contributed by atoms with Crippen LogP contribution in [0.1, 0.15) is 25.7 Å². The van der Waals surface area contributed by atoms with E-state index < -0.39 is 0 Å². The van der Waals surface area contributed by atoms with Gasteiger partial charge in [0.25, 0.3) is 0 Å². The highest BCUT2D eigenvalue weighted by Crippen LogP contribution is 2.58. The lowest BCUT2D eigenvalue weighted by Gasteiger charge is -2.29. The highest BCUT2D eigenvalue weighted by molar-refractivity contribution is 5.10. The van der Waals surface area contributed by atoms with Gasteiger partial charge in [-0.2, -0.15) is 0 Å². The van der Waals surface area contributed by atoms with E-state index in [1.807, 2.05) is 0 Å². The van der Waals surface area contributed by atoms with E-state index >= 15 is 0 Å². The van der Waals surface area contributed by atoms with Crippen molar-refractivity contribution in [1.82, 2.24) is 10.2 Å². The summed E-state index contributed by atoms with van der Waals surface area (Å²) in [6.45, 7) is 7.02. The predicted molar refractivity (Wildman–Crippen MR) is 73.7 cm³/mol. The van der Waals surface area contributed by atoms with E-state index in [-0.39, 0.29) is 0 Å². The Morgan fingerprint density at radius 3 is 2.94 bits per heavy atom. The van der Waals surface area contributed by atoms with Crippen molar-refractivity contribution in [3.63, 3.8) is 0 Å². The summed E-state index contributed by atoms with van der Waals surface area (Å²) in [7, 11) is 1.79. The van der Waals surface area contributed by atoms with Crippen LogP contribution in [-0.2, 0) is 4.74 Å². The number of methoxy groups -OCH3 is 1. The molecule has 1 saturated heterocycles. The van der Waals surface area contributed by atoms with Crippen molar-refractivity contribution < 1.29 is 4.74 Å². The van der Waals surface area contributed by atoms with Crippen molar-refractivity contribution in [2.45, 2.75) is 25.7 Å². The van der Waals surface area contributed by atoms with Crippen molar-refractivity contribution >= 4 is 0 Å². The number of hydrogen-bond acceptors (Lipinski definition) is 3. The Hall–Kier alpha value is -0.380. The second-order valence-electron chi connectivity index (χ2n) is 6.32. The zero-order valence-corrected chi connectivity index (χ0v) is 11.6. The van der Waals surface area contributed by atoms with Crippen LogP contribution in [0.5, 0.6) is 0 Å². The van der Waals surface area contributed by atoms with Gasteiger partial charge in [-0.05, 0) is 55.7 Å². The molecule has 2 fully saturated rings. The number of rotatable bonds is 4. The molecule has 2 aliphatic heterocycles. The predicted octanol–water partition coefficient (Wildman–Crippen LogP) is 1.65. The minimum absolute atomic E-state index is 0.738.